The highest BCUT2D eigenvalue weighted by Gasteiger charge is 2.19. The molecule has 0 radical (unpaired) electrons. The summed E-state index contributed by atoms with van der Waals surface area (Å²) in [4.78, 5) is 24.3. The Morgan fingerprint density at radius 2 is 1.88 bits per heavy atom. The van der Waals surface area contributed by atoms with Crippen LogP contribution in [-0.2, 0) is 4.79 Å². The van der Waals surface area contributed by atoms with E-state index < -0.39 is 0 Å². The van der Waals surface area contributed by atoms with Gasteiger partial charge in [-0.15, -0.1) is 0 Å². The zero-order chi connectivity index (χ0) is 18.4. The van der Waals surface area contributed by atoms with Gasteiger partial charge in [0.05, 0.1) is 0 Å². The van der Waals surface area contributed by atoms with Gasteiger partial charge in [0.25, 0.3) is 5.91 Å². The van der Waals surface area contributed by atoms with Gasteiger partial charge in [-0.2, -0.15) is 0 Å². The summed E-state index contributed by atoms with van der Waals surface area (Å²) in [5.41, 5.74) is 0.914. The number of rotatable bonds is 4. The summed E-state index contributed by atoms with van der Waals surface area (Å²) in [6.07, 6.45) is 5.20. The second-order valence-corrected chi connectivity index (χ2v) is 8.05. The summed E-state index contributed by atoms with van der Waals surface area (Å²) in [5, 5.41) is 8.88. The monoisotopic (exact) mass is 361 g/mol. The van der Waals surface area contributed by atoms with Crippen LogP contribution < -0.4 is 16.0 Å². The molecule has 0 unspecified atom stereocenters. The zero-order valence-electron chi connectivity index (χ0n) is 15.1. The Labute approximate surface area is 155 Å². The Morgan fingerprint density at radius 3 is 2.52 bits per heavy atom. The number of thiocarbonyl (C=S) groups is 1. The molecule has 0 atom stereocenters. The van der Waals surface area contributed by atoms with Gasteiger partial charge in [-0.3, -0.25) is 9.59 Å². The standard InChI is InChI=1S/C19H27N3O2S/c1-19(2,3)22-17(24)14-9-6-10-15(12-14)20-18(25)21-16(23)11-13-7-4-5-8-13/h6,9-10,12-13H,4-5,7-8,11H2,1-3H3,(H,22,24)(H2,20,21,23,25). The lowest BCUT2D eigenvalue weighted by molar-refractivity contribution is -0.120. The number of nitrogens with one attached hydrogen (secondary N) is 3. The second kappa shape index (κ2) is 8.43. The van der Waals surface area contributed by atoms with Gasteiger partial charge < -0.3 is 16.0 Å². The van der Waals surface area contributed by atoms with Crippen molar-refractivity contribution in [3.05, 3.63) is 29.8 Å². The summed E-state index contributed by atoms with van der Waals surface area (Å²) in [5.74, 6) is 0.283. The van der Waals surface area contributed by atoms with Crippen LogP contribution in [0.3, 0.4) is 0 Å². The number of carbonyl (C=O) groups excluding carboxylic acids is 2. The maximum absolute atomic E-state index is 12.2. The van der Waals surface area contributed by atoms with Gasteiger partial charge in [0.2, 0.25) is 5.91 Å². The molecule has 136 valence electrons. The summed E-state index contributed by atoms with van der Waals surface area (Å²) in [6, 6.07) is 7.05. The maximum atomic E-state index is 12.2. The molecule has 1 aromatic rings. The Bertz CT molecular complexity index is 646. The number of benzene rings is 1. The first-order chi connectivity index (χ1) is 11.7. The average Bonchev–Trinajstić information content (AvgIpc) is 2.98. The molecule has 2 rings (SSSR count). The van der Waals surface area contributed by atoms with Gasteiger partial charge in [-0.25, -0.2) is 0 Å². The third-order valence-corrected chi connectivity index (χ3v) is 4.28. The average molecular weight is 362 g/mol. The molecule has 25 heavy (non-hydrogen) atoms. The van der Waals surface area contributed by atoms with E-state index in [-0.39, 0.29) is 22.5 Å². The molecule has 0 heterocycles. The molecule has 1 fully saturated rings. The van der Waals surface area contributed by atoms with Crippen LogP contribution in [-0.4, -0.2) is 22.5 Å². The molecule has 0 aliphatic heterocycles. The SMILES string of the molecule is CC(C)(C)NC(=O)c1cccc(NC(=S)NC(=O)CC2CCCC2)c1. The van der Waals surface area contributed by atoms with Gasteiger partial charge >= 0.3 is 0 Å². The number of hydrogen-bond donors (Lipinski definition) is 3. The van der Waals surface area contributed by atoms with Crippen LogP contribution in [0.1, 0.15) is 63.2 Å². The number of hydrogen-bond acceptors (Lipinski definition) is 3. The Hall–Kier alpha value is -1.95. The predicted octanol–water partition coefficient (Wildman–Crippen LogP) is 3.61. The molecule has 0 aromatic heterocycles. The molecular formula is C19H27N3O2S. The fourth-order valence-electron chi connectivity index (χ4n) is 2.97. The smallest absolute Gasteiger partial charge is 0.251 e. The third-order valence-electron chi connectivity index (χ3n) is 4.07. The first-order valence-corrected chi connectivity index (χ1v) is 9.17. The van der Waals surface area contributed by atoms with Crippen LogP contribution in [0.4, 0.5) is 5.69 Å². The van der Waals surface area contributed by atoms with E-state index in [9.17, 15) is 9.59 Å². The molecule has 0 bridgehead atoms. The van der Waals surface area contributed by atoms with Gasteiger partial charge in [0.15, 0.2) is 5.11 Å². The Morgan fingerprint density at radius 1 is 1.20 bits per heavy atom. The van der Waals surface area contributed by atoms with E-state index >= 15 is 0 Å². The minimum atomic E-state index is -0.302. The van der Waals surface area contributed by atoms with E-state index in [4.69, 9.17) is 12.2 Å². The summed E-state index contributed by atoms with van der Waals surface area (Å²) in [7, 11) is 0. The van der Waals surface area contributed by atoms with Gasteiger partial charge in [-0.1, -0.05) is 18.9 Å². The molecular weight excluding hydrogens is 334 g/mol. The van der Waals surface area contributed by atoms with E-state index in [1.54, 1.807) is 18.2 Å². The van der Waals surface area contributed by atoms with E-state index in [1.807, 2.05) is 26.8 Å². The molecule has 1 aliphatic carbocycles. The van der Waals surface area contributed by atoms with Crippen molar-refractivity contribution in [3.8, 4) is 0 Å². The first kappa shape index (κ1) is 19.4. The predicted molar refractivity (Wildman–Crippen MR) is 105 cm³/mol. The van der Waals surface area contributed by atoms with Crippen molar-refractivity contribution < 1.29 is 9.59 Å². The lowest BCUT2D eigenvalue weighted by Gasteiger charge is -2.20. The molecule has 5 nitrogen and oxygen atoms in total. The third kappa shape index (κ3) is 6.82. The number of anilines is 1. The van der Waals surface area contributed by atoms with Crippen molar-refractivity contribution in [1.29, 1.82) is 0 Å². The highest BCUT2D eigenvalue weighted by molar-refractivity contribution is 7.80. The van der Waals surface area contributed by atoms with Crippen molar-refractivity contribution in [2.75, 3.05) is 5.32 Å². The van der Waals surface area contributed by atoms with Gasteiger partial charge in [0, 0.05) is 23.2 Å². The summed E-state index contributed by atoms with van der Waals surface area (Å²) in [6.45, 7) is 5.80. The topological polar surface area (TPSA) is 70.2 Å². The molecule has 0 spiro atoms. The largest absolute Gasteiger partial charge is 0.347 e. The van der Waals surface area contributed by atoms with Crippen LogP contribution >= 0.6 is 12.2 Å². The number of amides is 2. The minimum absolute atomic E-state index is 0.0500. The molecule has 3 N–H and O–H groups in total. The Kier molecular flexibility index (Phi) is 6.53. The van der Waals surface area contributed by atoms with Gasteiger partial charge in [-0.05, 0) is 69.9 Å². The quantitative estimate of drug-likeness (QED) is 0.717. The highest BCUT2D eigenvalue weighted by atomic mass is 32.1. The molecule has 1 saturated carbocycles. The zero-order valence-corrected chi connectivity index (χ0v) is 16.0. The first-order valence-electron chi connectivity index (χ1n) is 8.76. The highest BCUT2D eigenvalue weighted by Crippen LogP contribution is 2.27. The van der Waals surface area contributed by atoms with Gasteiger partial charge in [0.1, 0.15) is 0 Å². The molecule has 1 aliphatic rings. The second-order valence-electron chi connectivity index (χ2n) is 7.64. The lowest BCUT2D eigenvalue weighted by atomic mass is 10.0. The van der Waals surface area contributed by atoms with E-state index in [0.717, 1.165) is 12.8 Å². The number of carbonyl (C=O) groups is 2. The van der Waals surface area contributed by atoms with E-state index in [1.165, 1.54) is 12.8 Å². The summed E-state index contributed by atoms with van der Waals surface area (Å²) < 4.78 is 0. The fourth-order valence-corrected chi connectivity index (χ4v) is 3.20. The molecule has 6 heteroatoms. The van der Waals surface area contributed by atoms with Crippen molar-refractivity contribution in [3.63, 3.8) is 0 Å². The fraction of sp³-hybridized carbons (Fsp3) is 0.526. The van der Waals surface area contributed by atoms with Crippen LogP contribution in [0.2, 0.25) is 0 Å². The van der Waals surface area contributed by atoms with Crippen LogP contribution in [0.15, 0.2) is 24.3 Å². The van der Waals surface area contributed by atoms with Crippen LogP contribution in [0, 0.1) is 5.92 Å². The summed E-state index contributed by atoms with van der Waals surface area (Å²) >= 11 is 5.21. The Balaban J connectivity index is 1.88. The van der Waals surface area contributed by atoms with Crippen molar-refractivity contribution in [2.24, 2.45) is 5.92 Å². The van der Waals surface area contributed by atoms with Crippen LogP contribution in [0.25, 0.3) is 0 Å². The van der Waals surface area contributed by atoms with Crippen LogP contribution in [0.5, 0.6) is 0 Å². The molecule has 2 amide bonds. The van der Waals surface area contributed by atoms with Crippen molar-refractivity contribution >= 4 is 34.8 Å². The van der Waals surface area contributed by atoms with E-state index in [0.29, 0.717) is 23.6 Å². The molecule has 0 saturated heterocycles. The van der Waals surface area contributed by atoms with Crippen molar-refractivity contribution in [2.45, 2.75) is 58.4 Å². The molecule has 1 aromatic carbocycles. The minimum Gasteiger partial charge on any atom is -0.347 e. The van der Waals surface area contributed by atoms with Crippen molar-refractivity contribution in [1.82, 2.24) is 10.6 Å². The maximum Gasteiger partial charge on any atom is 0.251 e. The van der Waals surface area contributed by atoms with E-state index in [2.05, 4.69) is 16.0 Å². The lowest BCUT2D eigenvalue weighted by Crippen LogP contribution is -2.40. The normalized spacial score (nSPS) is 14.8.